The summed E-state index contributed by atoms with van der Waals surface area (Å²) in [4.78, 5) is 13.4. The number of halogens is 1. The Morgan fingerprint density at radius 2 is 1.96 bits per heavy atom. The van der Waals surface area contributed by atoms with Crippen molar-refractivity contribution in [3.05, 3.63) is 58.6 Å². The zero-order valence-electron chi connectivity index (χ0n) is 12.4. The molecule has 0 fully saturated rings. The standard InChI is InChI=1S/C16H15ClN2O3S/c1-19-15-7-6-13(8-12(15)9-16(19)20)23(21,22)18-10-11-4-2-3-5-14(11)17/h2-8,18H,9-10H2,1H3. The fourth-order valence-corrected chi connectivity index (χ4v) is 3.77. The molecule has 0 aliphatic carbocycles. The van der Waals surface area contributed by atoms with Gasteiger partial charge in [0.15, 0.2) is 0 Å². The maximum atomic E-state index is 12.4. The van der Waals surface area contributed by atoms with Crippen molar-refractivity contribution in [2.45, 2.75) is 17.9 Å². The summed E-state index contributed by atoms with van der Waals surface area (Å²) in [5.74, 6) is -0.0430. The minimum atomic E-state index is -3.67. The number of fused-ring (bicyclic) bond motifs is 1. The van der Waals surface area contributed by atoms with E-state index in [1.165, 1.54) is 11.0 Å². The second-order valence-corrected chi connectivity index (χ2v) is 7.51. The molecule has 0 saturated heterocycles. The van der Waals surface area contributed by atoms with E-state index >= 15 is 0 Å². The largest absolute Gasteiger partial charge is 0.315 e. The van der Waals surface area contributed by atoms with Crippen molar-refractivity contribution in [2.75, 3.05) is 11.9 Å². The topological polar surface area (TPSA) is 66.5 Å². The number of rotatable bonds is 4. The highest BCUT2D eigenvalue weighted by atomic mass is 35.5. The predicted octanol–water partition coefficient (Wildman–Crippen LogP) is 2.34. The van der Waals surface area contributed by atoms with E-state index in [2.05, 4.69) is 4.72 Å². The highest BCUT2D eigenvalue weighted by Crippen LogP contribution is 2.29. The van der Waals surface area contributed by atoms with Gasteiger partial charge < -0.3 is 4.90 Å². The van der Waals surface area contributed by atoms with E-state index in [1.54, 1.807) is 43.4 Å². The minimum Gasteiger partial charge on any atom is -0.315 e. The molecule has 0 unspecified atom stereocenters. The van der Waals surface area contributed by atoms with Gasteiger partial charge >= 0.3 is 0 Å². The van der Waals surface area contributed by atoms with Crippen LogP contribution in [-0.2, 0) is 27.8 Å². The van der Waals surface area contributed by atoms with Crippen LogP contribution in [0.2, 0.25) is 5.02 Å². The maximum absolute atomic E-state index is 12.4. The molecule has 1 heterocycles. The van der Waals surface area contributed by atoms with Crippen molar-refractivity contribution >= 4 is 33.2 Å². The molecule has 3 rings (SSSR count). The first-order valence-electron chi connectivity index (χ1n) is 7.01. The molecule has 0 bridgehead atoms. The maximum Gasteiger partial charge on any atom is 0.240 e. The Bertz CT molecular complexity index is 881. The molecule has 23 heavy (non-hydrogen) atoms. The molecule has 7 heteroatoms. The van der Waals surface area contributed by atoms with Crippen LogP contribution in [-0.4, -0.2) is 21.4 Å². The monoisotopic (exact) mass is 350 g/mol. The van der Waals surface area contributed by atoms with E-state index in [0.29, 0.717) is 10.6 Å². The summed E-state index contributed by atoms with van der Waals surface area (Å²) < 4.78 is 27.4. The lowest BCUT2D eigenvalue weighted by atomic mass is 10.2. The molecular weight excluding hydrogens is 336 g/mol. The third-order valence-electron chi connectivity index (χ3n) is 3.85. The first-order valence-corrected chi connectivity index (χ1v) is 8.87. The van der Waals surface area contributed by atoms with Gasteiger partial charge in [-0.25, -0.2) is 13.1 Å². The number of anilines is 1. The van der Waals surface area contributed by atoms with Crippen molar-refractivity contribution in [2.24, 2.45) is 0 Å². The number of carbonyl (C=O) groups excluding carboxylic acids is 1. The van der Waals surface area contributed by atoms with Gasteiger partial charge in [0, 0.05) is 24.3 Å². The number of hydrogen-bond acceptors (Lipinski definition) is 3. The molecule has 5 nitrogen and oxygen atoms in total. The summed E-state index contributed by atoms with van der Waals surface area (Å²) >= 11 is 6.03. The Kier molecular flexibility index (Phi) is 4.14. The molecule has 0 radical (unpaired) electrons. The van der Waals surface area contributed by atoms with Crippen molar-refractivity contribution < 1.29 is 13.2 Å². The number of sulfonamides is 1. The Morgan fingerprint density at radius 3 is 2.70 bits per heavy atom. The van der Waals surface area contributed by atoms with Crippen LogP contribution in [0, 0.1) is 0 Å². The Labute approximate surface area is 139 Å². The number of amides is 1. The quantitative estimate of drug-likeness (QED) is 0.920. The minimum absolute atomic E-state index is 0.0430. The smallest absolute Gasteiger partial charge is 0.240 e. The van der Waals surface area contributed by atoms with Crippen molar-refractivity contribution in [3.8, 4) is 0 Å². The average Bonchev–Trinajstić information content (AvgIpc) is 2.81. The van der Waals surface area contributed by atoms with Gasteiger partial charge in [0.1, 0.15) is 0 Å². The molecule has 2 aromatic rings. The van der Waals surface area contributed by atoms with Gasteiger partial charge in [-0.3, -0.25) is 4.79 Å². The van der Waals surface area contributed by atoms with Gasteiger partial charge in [0.05, 0.1) is 11.3 Å². The van der Waals surface area contributed by atoms with Crippen LogP contribution in [0.15, 0.2) is 47.4 Å². The van der Waals surface area contributed by atoms with Crippen LogP contribution in [0.4, 0.5) is 5.69 Å². The Balaban J connectivity index is 1.83. The molecule has 0 saturated carbocycles. The second kappa shape index (κ2) is 5.96. The van der Waals surface area contributed by atoms with Crippen LogP contribution in [0.5, 0.6) is 0 Å². The molecule has 0 aromatic heterocycles. The zero-order chi connectivity index (χ0) is 16.6. The summed E-state index contributed by atoms with van der Waals surface area (Å²) in [6, 6.07) is 11.8. The molecule has 120 valence electrons. The molecule has 2 aromatic carbocycles. The van der Waals surface area contributed by atoms with Crippen LogP contribution in [0.1, 0.15) is 11.1 Å². The van der Waals surface area contributed by atoms with Gasteiger partial charge in [-0.2, -0.15) is 0 Å². The molecule has 0 atom stereocenters. The highest BCUT2D eigenvalue weighted by molar-refractivity contribution is 7.89. The fourth-order valence-electron chi connectivity index (χ4n) is 2.51. The lowest BCUT2D eigenvalue weighted by molar-refractivity contribution is -0.117. The van der Waals surface area contributed by atoms with Gasteiger partial charge in [0.25, 0.3) is 0 Å². The van der Waals surface area contributed by atoms with Gasteiger partial charge in [-0.1, -0.05) is 29.8 Å². The number of carbonyl (C=O) groups is 1. The van der Waals surface area contributed by atoms with Gasteiger partial charge in [-0.05, 0) is 35.4 Å². The van der Waals surface area contributed by atoms with E-state index in [9.17, 15) is 13.2 Å². The van der Waals surface area contributed by atoms with Crippen LogP contribution >= 0.6 is 11.6 Å². The van der Waals surface area contributed by atoms with Crippen molar-refractivity contribution in [1.82, 2.24) is 4.72 Å². The van der Waals surface area contributed by atoms with E-state index in [4.69, 9.17) is 11.6 Å². The highest BCUT2D eigenvalue weighted by Gasteiger charge is 2.26. The molecule has 1 N–H and O–H groups in total. The summed E-state index contributed by atoms with van der Waals surface area (Å²) in [5, 5.41) is 0.511. The van der Waals surface area contributed by atoms with E-state index in [0.717, 1.165) is 11.3 Å². The second-order valence-electron chi connectivity index (χ2n) is 5.34. The number of nitrogens with zero attached hydrogens (tertiary/aromatic N) is 1. The Morgan fingerprint density at radius 1 is 1.22 bits per heavy atom. The summed E-state index contributed by atoms with van der Waals surface area (Å²) in [6.07, 6.45) is 0.222. The summed E-state index contributed by atoms with van der Waals surface area (Å²) in [7, 11) is -1.99. The Hall–Kier alpha value is -1.89. The molecule has 1 aliphatic heterocycles. The zero-order valence-corrected chi connectivity index (χ0v) is 14.0. The first-order chi connectivity index (χ1) is 10.9. The number of likely N-dealkylation sites (N-methyl/N-ethyl adjacent to an activating group) is 1. The third-order valence-corrected chi connectivity index (χ3v) is 5.62. The van der Waals surface area contributed by atoms with E-state index < -0.39 is 10.0 Å². The number of nitrogens with one attached hydrogen (secondary N) is 1. The molecular formula is C16H15ClN2O3S. The van der Waals surface area contributed by atoms with Gasteiger partial charge in [0.2, 0.25) is 15.9 Å². The lowest BCUT2D eigenvalue weighted by Gasteiger charge is -2.11. The van der Waals surface area contributed by atoms with Crippen LogP contribution in [0.3, 0.4) is 0 Å². The van der Waals surface area contributed by atoms with Crippen molar-refractivity contribution in [3.63, 3.8) is 0 Å². The number of hydrogen-bond donors (Lipinski definition) is 1. The first kappa shape index (κ1) is 16.0. The molecule has 1 amide bonds. The van der Waals surface area contributed by atoms with E-state index in [-0.39, 0.29) is 23.8 Å². The average molecular weight is 351 g/mol. The number of benzene rings is 2. The summed E-state index contributed by atoms with van der Waals surface area (Å²) in [6.45, 7) is 0.109. The van der Waals surface area contributed by atoms with Crippen molar-refractivity contribution in [1.29, 1.82) is 0 Å². The third kappa shape index (κ3) is 3.10. The SMILES string of the molecule is CN1C(=O)Cc2cc(S(=O)(=O)NCc3ccccc3Cl)ccc21. The predicted molar refractivity (Wildman–Crippen MR) is 89.0 cm³/mol. The molecule has 1 aliphatic rings. The van der Waals surface area contributed by atoms with Crippen LogP contribution < -0.4 is 9.62 Å². The fraction of sp³-hybridized carbons (Fsp3) is 0.188. The lowest BCUT2D eigenvalue weighted by Crippen LogP contribution is -2.23. The van der Waals surface area contributed by atoms with Crippen LogP contribution in [0.25, 0.3) is 0 Å². The summed E-state index contributed by atoms with van der Waals surface area (Å²) in [5.41, 5.74) is 2.17. The normalized spacial score (nSPS) is 14.2. The van der Waals surface area contributed by atoms with Gasteiger partial charge in [-0.15, -0.1) is 0 Å². The van der Waals surface area contributed by atoms with E-state index in [1.807, 2.05) is 0 Å². The molecule has 0 spiro atoms.